The topological polar surface area (TPSA) is 114 Å². The van der Waals surface area contributed by atoms with Crippen LogP contribution in [0.25, 0.3) is 0 Å². The molecular weight excluding hydrogens is 330 g/mol. The number of aryl methyl sites for hydroxylation is 2. The summed E-state index contributed by atoms with van der Waals surface area (Å²) in [5, 5.41) is 10.6. The summed E-state index contributed by atoms with van der Waals surface area (Å²) < 4.78 is 10.8. The van der Waals surface area contributed by atoms with Gasteiger partial charge in [0.05, 0.1) is 25.5 Å². The van der Waals surface area contributed by atoms with Crippen molar-refractivity contribution in [3.8, 4) is 0 Å². The van der Waals surface area contributed by atoms with E-state index < -0.39 is 16.9 Å². The van der Waals surface area contributed by atoms with Crippen molar-refractivity contribution >= 4 is 17.6 Å². The number of aromatic nitrogens is 2. The van der Waals surface area contributed by atoms with Gasteiger partial charge in [-0.1, -0.05) is 12.1 Å². The normalized spacial score (nSPS) is 10.3. The van der Waals surface area contributed by atoms with Crippen LogP contribution in [0.5, 0.6) is 0 Å². The highest BCUT2D eigenvalue weighted by atomic mass is 16.6. The van der Waals surface area contributed by atoms with Gasteiger partial charge < -0.3 is 14.0 Å². The van der Waals surface area contributed by atoms with Crippen LogP contribution in [-0.2, 0) is 22.4 Å². The van der Waals surface area contributed by atoms with Gasteiger partial charge in [0, 0.05) is 18.7 Å². The van der Waals surface area contributed by atoms with Crippen LogP contribution in [0.15, 0.2) is 30.6 Å². The van der Waals surface area contributed by atoms with Gasteiger partial charge in [-0.2, -0.15) is 0 Å². The van der Waals surface area contributed by atoms with Crippen LogP contribution in [0.2, 0.25) is 0 Å². The average molecular weight is 347 g/mol. The minimum absolute atomic E-state index is 0.0362. The fourth-order valence-electron chi connectivity index (χ4n) is 2.35. The van der Waals surface area contributed by atoms with Gasteiger partial charge in [-0.05, 0) is 18.4 Å². The molecule has 25 heavy (non-hydrogen) atoms. The van der Waals surface area contributed by atoms with E-state index in [1.807, 2.05) is 0 Å². The van der Waals surface area contributed by atoms with Crippen molar-refractivity contribution in [3.05, 3.63) is 57.7 Å². The van der Waals surface area contributed by atoms with Gasteiger partial charge in [0.25, 0.3) is 5.69 Å². The number of hydrogen-bond donors (Lipinski definition) is 0. The number of esters is 2. The minimum Gasteiger partial charge on any atom is -0.464 e. The zero-order chi connectivity index (χ0) is 18.4. The summed E-state index contributed by atoms with van der Waals surface area (Å²) in [6, 6.07) is 6.27. The third-order valence-electron chi connectivity index (χ3n) is 3.61. The van der Waals surface area contributed by atoms with Gasteiger partial charge in [0.15, 0.2) is 11.4 Å². The summed E-state index contributed by atoms with van der Waals surface area (Å²) in [5.74, 6) is -1.39. The van der Waals surface area contributed by atoms with Gasteiger partial charge in [-0.15, -0.1) is 0 Å². The highest BCUT2D eigenvalue weighted by Crippen LogP contribution is 2.15. The van der Waals surface area contributed by atoms with Crippen molar-refractivity contribution in [3.63, 3.8) is 0 Å². The zero-order valence-electron chi connectivity index (χ0n) is 13.8. The number of non-ortho nitro benzene ring substituents is 1. The number of nitro benzene ring substituents is 1. The molecule has 0 saturated heterocycles. The standard InChI is InChI=1S/C16H17N3O6/c1-24-15(20)13-14(16(21)25-2)18(10-17-13)9-3-4-11-5-7-12(8-6-11)19(22)23/h5-8,10H,3-4,9H2,1-2H3. The Hall–Kier alpha value is -3.23. The summed E-state index contributed by atoms with van der Waals surface area (Å²) in [6.07, 6.45) is 2.66. The molecule has 0 atom stereocenters. The maximum absolute atomic E-state index is 11.9. The van der Waals surface area contributed by atoms with Crippen LogP contribution in [-0.4, -0.2) is 40.6 Å². The summed E-state index contributed by atoms with van der Waals surface area (Å²) in [6.45, 7) is 0.422. The molecule has 1 heterocycles. The lowest BCUT2D eigenvalue weighted by Crippen LogP contribution is -2.16. The minimum atomic E-state index is -0.713. The molecular formula is C16H17N3O6. The Kier molecular flexibility index (Phi) is 5.83. The average Bonchev–Trinajstić information content (AvgIpc) is 3.04. The first-order chi connectivity index (χ1) is 12.0. The van der Waals surface area contributed by atoms with Crippen LogP contribution in [0.1, 0.15) is 33.0 Å². The van der Waals surface area contributed by atoms with E-state index in [-0.39, 0.29) is 17.1 Å². The van der Waals surface area contributed by atoms with Crippen molar-refractivity contribution in [2.75, 3.05) is 14.2 Å². The first-order valence-electron chi connectivity index (χ1n) is 7.43. The second-order valence-corrected chi connectivity index (χ2v) is 5.15. The molecule has 0 unspecified atom stereocenters. The Morgan fingerprint density at radius 2 is 1.80 bits per heavy atom. The van der Waals surface area contributed by atoms with Crippen LogP contribution < -0.4 is 0 Å². The maximum atomic E-state index is 11.9. The molecule has 0 fully saturated rings. The third-order valence-corrected chi connectivity index (χ3v) is 3.61. The highest BCUT2D eigenvalue weighted by molar-refractivity contribution is 6.00. The summed E-state index contributed by atoms with van der Waals surface area (Å²) in [7, 11) is 2.43. The molecule has 0 spiro atoms. The van der Waals surface area contributed by atoms with E-state index in [4.69, 9.17) is 4.74 Å². The SMILES string of the molecule is COC(=O)c1ncn(CCCc2ccc([N+](=O)[O-])cc2)c1C(=O)OC. The van der Waals surface area contributed by atoms with Crippen molar-refractivity contribution in [1.82, 2.24) is 9.55 Å². The number of nitrogens with zero attached hydrogens (tertiary/aromatic N) is 3. The monoisotopic (exact) mass is 347 g/mol. The number of ether oxygens (including phenoxy) is 2. The second kappa shape index (κ2) is 8.04. The van der Waals surface area contributed by atoms with Crippen molar-refractivity contribution in [2.45, 2.75) is 19.4 Å². The van der Waals surface area contributed by atoms with E-state index in [1.54, 1.807) is 12.1 Å². The van der Waals surface area contributed by atoms with Gasteiger partial charge in [0.1, 0.15) is 0 Å². The number of carbonyl (C=O) groups excluding carboxylic acids is 2. The molecule has 1 aromatic heterocycles. The second-order valence-electron chi connectivity index (χ2n) is 5.15. The van der Waals surface area contributed by atoms with E-state index >= 15 is 0 Å². The van der Waals surface area contributed by atoms with Gasteiger partial charge in [-0.3, -0.25) is 10.1 Å². The quantitative estimate of drug-likeness (QED) is 0.427. The Labute approximate surface area is 143 Å². The number of imidazole rings is 1. The van der Waals surface area contributed by atoms with Gasteiger partial charge >= 0.3 is 11.9 Å². The molecule has 0 aliphatic rings. The summed E-state index contributed by atoms with van der Waals surface area (Å²) >= 11 is 0. The van der Waals surface area contributed by atoms with Gasteiger partial charge in [0.2, 0.25) is 0 Å². The van der Waals surface area contributed by atoms with Crippen LogP contribution in [0.3, 0.4) is 0 Å². The summed E-state index contributed by atoms with van der Waals surface area (Å²) in [4.78, 5) is 37.7. The number of methoxy groups -OCH3 is 2. The molecule has 0 aliphatic carbocycles. The lowest BCUT2D eigenvalue weighted by atomic mass is 10.1. The molecule has 0 radical (unpaired) electrons. The number of nitro groups is 1. The van der Waals surface area contributed by atoms with Crippen molar-refractivity contribution in [1.29, 1.82) is 0 Å². The predicted octanol–water partition coefficient (Wildman–Crippen LogP) is 2.00. The zero-order valence-corrected chi connectivity index (χ0v) is 13.8. The van der Waals surface area contributed by atoms with Crippen molar-refractivity contribution < 1.29 is 24.0 Å². The molecule has 0 bridgehead atoms. The predicted molar refractivity (Wildman–Crippen MR) is 86.3 cm³/mol. The Balaban J connectivity index is 2.07. The van der Waals surface area contributed by atoms with Crippen LogP contribution in [0.4, 0.5) is 5.69 Å². The molecule has 132 valence electrons. The molecule has 0 N–H and O–H groups in total. The molecule has 9 nitrogen and oxygen atoms in total. The highest BCUT2D eigenvalue weighted by Gasteiger charge is 2.24. The molecule has 1 aromatic carbocycles. The van der Waals surface area contributed by atoms with E-state index in [0.717, 1.165) is 5.56 Å². The number of hydrogen-bond acceptors (Lipinski definition) is 7. The first kappa shape index (κ1) is 18.1. The fraction of sp³-hybridized carbons (Fsp3) is 0.312. The molecule has 2 aromatic rings. The van der Waals surface area contributed by atoms with E-state index in [9.17, 15) is 19.7 Å². The van der Waals surface area contributed by atoms with Crippen LogP contribution >= 0.6 is 0 Å². The molecule has 0 aliphatic heterocycles. The molecule has 9 heteroatoms. The third kappa shape index (κ3) is 4.19. The number of rotatable bonds is 7. The van der Waals surface area contributed by atoms with Crippen LogP contribution in [0, 0.1) is 10.1 Å². The number of benzene rings is 1. The lowest BCUT2D eigenvalue weighted by molar-refractivity contribution is -0.384. The van der Waals surface area contributed by atoms with Crippen molar-refractivity contribution in [2.24, 2.45) is 0 Å². The summed E-state index contributed by atoms with van der Waals surface area (Å²) in [5.41, 5.74) is 0.912. The molecule has 2 rings (SSSR count). The van der Waals surface area contributed by atoms with E-state index in [0.29, 0.717) is 19.4 Å². The Morgan fingerprint density at radius 3 is 2.36 bits per heavy atom. The van der Waals surface area contributed by atoms with Gasteiger partial charge in [-0.25, -0.2) is 14.6 Å². The largest absolute Gasteiger partial charge is 0.464 e. The molecule has 0 amide bonds. The lowest BCUT2D eigenvalue weighted by Gasteiger charge is -2.08. The smallest absolute Gasteiger partial charge is 0.359 e. The fourth-order valence-corrected chi connectivity index (χ4v) is 2.35. The Morgan fingerprint density at radius 1 is 1.16 bits per heavy atom. The van der Waals surface area contributed by atoms with E-state index in [1.165, 1.54) is 37.2 Å². The number of carbonyl (C=O) groups is 2. The molecule has 0 saturated carbocycles. The Bertz CT molecular complexity index is 782. The maximum Gasteiger partial charge on any atom is 0.359 e. The first-order valence-corrected chi connectivity index (χ1v) is 7.43. The van der Waals surface area contributed by atoms with E-state index in [2.05, 4.69) is 9.72 Å².